The van der Waals surface area contributed by atoms with E-state index in [1.165, 1.54) is 18.5 Å². The lowest BCUT2D eigenvalue weighted by molar-refractivity contribution is 0.796. The Morgan fingerprint density at radius 1 is 1.57 bits per heavy atom. The number of rotatable bonds is 4. The lowest BCUT2D eigenvalue weighted by atomic mass is 10.2. The standard InChI is InChI=1S/C11H17N3/c1-8(7-12)13-11-4-2-3-10(14-11)9-5-6-9/h2-4,8-9H,5-7,12H2,1H3,(H,13,14). The Kier molecular flexibility index (Phi) is 2.68. The molecular formula is C11H17N3. The van der Waals surface area contributed by atoms with Gasteiger partial charge in [-0.2, -0.15) is 0 Å². The average molecular weight is 191 g/mol. The highest BCUT2D eigenvalue weighted by atomic mass is 15.0. The molecule has 0 aromatic carbocycles. The average Bonchev–Trinajstić information content (AvgIpc) is 3.01. The summed E-state index contributed by atoms with van der Waals surface area (Å²) in [7, 11) is 0. The third-order valence-corrected chi connectivity index (χ3v) is 2.51. The Morgan fingerprint density at radius 2 is 2.36 bits per heavy atom. The monoisotopic (exact) mass is 191 g/mol. The van der Waals surface area contributed by atoms with Crippen LogP contribution in [0.2, 0.25) is 0 Å². The number of aromatic nitrogens is 1. The quantitative estimate of drug-likeness (QED) is 0.762. The van der Waals surface area contributed by atoms with Crippen LogP contribution in [0.1, 0.15) is 31.4 Å². The molecule has 1 fully saturated rings. The summed E-state index contributed by atoms with van der Waals surface area (Å²) in [6.45, 7) is 2.70. The minimum Gasteiger partial charge on any atom is -0.366 e. The van der Waals surface area contributed by atoms with Gasteiger partial charge in [0.15, 0.2) is 0 Å². The van der Waals surface area contributed by atoms with E-state index in [-0.39, 0.29) is 6.04 Å². The van der Waals surface area contributed by atoms with Crippen molar-refractivity contribution in [2.75, 3.05) is 11.9 Å². The van der Waals surface area contributed by atoms with Crippen LogP contribution >= 0.6 is 0 Å². The first-order valence-corrected chi connectivity index (χ1v) is 5.23. The summed E-state index contributed by atoms with van der Waals surface area (Å²) in [5, 5.41) is 3.28. The normalized spacial score (nSPS) is 17.9. The maximum Gasteiger partial charge on any atom is 0.126 e. The molecule has 1 aromatic rings. The van der Waals surface area contributed by atoms with E-state index in [4.69, 9.17) is 5.73 Å². The van der Waals surface area contributed by atoms with E-state index in [0.29, 0.717) is 12.5 Å². The van der Waals surface area contributed by atoms with Gasteiger partial charge in [-0.05, 0) is 31.9 Å². The Hall–Kier alpha value is -1.09. The van der Waals surface area contributed by atoms with Crippen molar-refractivity contribution in [3.63, 3.8) is 0 Å². The van der Waals surface area contributed by atoms with Crippen molar-refractivity contribution < 1.29 is 0 Å². The molecule has 14 heavy (non-hydrogen) atoms. The zero-order chi connectivity index (χ0) is 9.97. The topological polar surface area (TPSA) is 50.9 Å². The largest absolute Gasteiger partial charge is 0.366 e. The zero-order valence-electron chi connectivity index (χ0n) is 8.53. The zero-order valence-corrected chi connectivity index (χ0v) is 8.53. The number of nitrogens with two attached hydrogens (primary N) is 1. The number of hydrogen-bond donors (Lipinski definition) is 2. The Bertz CT molecular complexity index is 307. The van der Waals surface area contributed by atoms with E-state index in [1.807, 2.05) is 6.07 Å². The van der Waals surface area contributed by atoms with Gasteiger partial charge < -0.3 is 11.1 Å². The van der Waals surface area contributed by atoms with Gasteiger partial charge in [-0.15, -0.1) is 0 Å². The van der Waals surface area contributed by atoms with Crippen LogP contribution in [0.5, 0.6) is 0 Å². The number of hydrogen-bond acceptors (Lipinski definition) is 3. The van der Waals surface area contributed by atoms with Crippen LogP contribution in [-0.2, 0) is 0 Å². The first-order valence-electron chi connectivity index (χ1n) is 5.23. The maximum absolute atomic E-state index is 5.54. The summed E-state index contributed by atoms with van der Waals surface area (Å²) in [5.74, 6) is 1.66. The van der Waals surface area contributed by atoms with Crippen molar-refractivity contribution in [1.29, 1.82) is 0 Å². The highest BCUT2D eigenvalue weighted by Gasteiger charge is 2.24. The van der Waals surface area contributed by atoms with Crippen molar-refractivity contribution in [3.05, 3.63) is 23.9 Å². The number of nitrogens with zero attached hydrogens (tertiary/aromatic N) is 1. The summed E-state index contributed by atoms with van der Waals surface area (Å²) in [5.41, 5.74) is 6.76. The second kappa shape index (κ2) is 3.96. The predicted molar refractivity (Wildman–Crippen MR) is 58.4 cm³/mol. The van der Waals surface area contributed by atoms with Crippen LogP contribution in [-0.4, -0.2) is 17.6 Å². The summed E-state index contributed by atoms with van der Waals surface area (Å²) in [4.78, 5) is 4.56. The predicted octanol–water partition coefficient (Wildman–Crippen LogP) is 1.72. The van der Waals surface area contributed by atoms with Crippen LogP contribution in [0.3, 0.4) is 0 Å². The van der Waals surface area contributed by atoms with Crippen LogP contribution in [0.25, 0.3) is 0 Å². The number of anilines is 1. The molecule has 1 aromatic heterocycles. The van der Waals surface area contributed by atoms with Gasteiger partial charge in [0.1, 0.15) is 5.82 Å². The van der Waals surface area contributed by atoms with Crippen LogP contribution in [0.15, 0.2) is 18.2 Å². The van der Waals surface area contributed by atoms with Gasteiger partial charge in [0.25, 0.3) is 0 Å². The van der Waals surface area contributed by atoms with Crippen molar-refractivity contribution in [2.24, 2.45) is 5.73 Å². The molecule has 1 aliphatic carbocycles. The Labute approximate surface area is 84.7 Å². The van der Waals surface area contributed by atoms with Gasteiger partial charge >= 0.3 is 0 Å². The van der Waals surface area contributed by atoms with E-state index in [9.17, 15) is 0 Å². The second-order valence-corrected chi connectivity index (χ2v) is 4.00. The highest BCUT2D eigenvalue weighted by molar-refractivity contribution is 5.37. The lowest BCUT2D eigenvalue weighted by Gasteiger charge is -2.12. The molecular weight excluding hydrogens is 174 g/mol. The molecule has 1 aliphatic rings. The molecule has 76 valence electrons. The molecule has 0 saturated heterocycles. The first-order chi connectivity index (χ1) is 6.79. The molecule has 0 aliphatic heterocycles. The smallest absolute Gasteiger partial charge is 0.126 e. The lowest BCUT2D eigenvalue weighted by Crippen LogP contribution is -2.25. The van der Waals surface area contributed by atoms with Crippen LogP contribution < -0.4 is 11.1 Å². The first kappa shape index (κ1) is 9.46. The van der Waals surface area contributed by atoms with Crippen molar-refractivity contribution in [1.82, 2.24) is 4.98 Å². The number of pyridine rings is 1. The fraction of sp³-hybridized carbons (Fsp3) is 0.545. The van der Waals surface area contributed by atoms with Crippen molar-refractivity contribution in [3.8, 4) is 0 Å². The fourth-order valence-corrected chi connectivity index (χ4v) is 1.45. The van der Waals surface area contributed by atoms with Gasteiger partial charge in [-0.3, -0.25) is 0 Å². The summed E-state index contributed by atoms with van der Waals surface area (Å²) < 4.78 is 0. The molecule has 3 heteroatoms. The SMILES string of the molecule is CC(CN)Nc1cccc(C2CC2)n1. The Morgan fingerprint density at radius 3 is 3.00 bits per heavy atom. The Balaban J connectivity index is 2.05. The molecule has 1 saturated carbocycles. The second-order valence-electron chi connectivity index (χ2n) is 4.00. The van der Waals surface area contributed by atoms with Crippen molar-refractivity contribution >= 4 is 5.82 Å². The van der Waals surface area contributed by atoms with E-state index >= 15 is 0 Å². The van der Waals surface area contributed by atoms with Gasteiger partial charge in [0, 0.05) is 24.2 Å². The van der Waals surface area contributed by atoms with E-state index < -0.39 is 0 Å². The van der Waals surface area contributed by atoms with Gasteiger partial charge in [0.05, 0.1) is 0 Å². The van der Waals surface area contributed by atoms with Crippen LogP contribution in [0, 0.1) is 0 Å². The third-order valence-electron chi connectivity index (χ3n) is 2.51. The maximum atomic E-state index is 5.54. The summed E-state index contributed by atoms with van der Waals surface area (Å²) in [6, 6.07) is 6.46. The number of nitrogens with one attached hydrogen (secondary N) is 1. The summed E-state index contributed by atoms with van der Waals surface area (Å²) >= 11 is 0. The minimum absolute atomic E-state index is 0.289. The molecule has 2 rings (SSSR count). The van der Waals surface area contributed by atoms with E-state index in [1.54, 1.807) is 0 Å². The van der Waals surface area contributed by atoms with E-state index in [0.717, 1.165) is 5.82 Å². The molecule has 3 nitrogen and oxygen atoms in total. The van der Waals surface area contributed by atoms with Gasteiger partial charge in [-0.25, -0.2) is 4.98 Å². The molecule has 1 atom stereocenters. The summed E-state index contributed by atoms with van der Waals surface area (Å²) in [6.07, 6.45) is 2.59. The van der Waals surface area contributed by atoms with E-state index in [2.05, 4.69) is 29.4 Å². The van der Waals surface area contributed by atoms with Gasteiger partial charge in [-0.1, -0.05) is 6.07 Å². The van der Waals surface area contributed by atoms with Gasteiger partial charge in [0.2, 0.25) is 0 Å². The van der Waals surface area contributed by atoms with Crippen molar-refractivity contribution in [2.45, 2.75) is 31.7 Å². The molecule has 0 spiro atoms. The molecule has 1 heterocycles. The van der Waals surface area contributed by atoms with Crippen LogP contribution in [0.4, 0.5) is 5.82 Å². The third kappa shape index (κ3) is 2.23. The molecule has 0 amide bonds. The molecule has 0 radical (unpaired) electrons. The fourth-order valence-electron chi connectivity index (χ4n) is 1.45. The highest BCUT2D eigenvalue weighted by Crippen LogP contribution is 2.39. The molecule has 0 bridgehead atoms. The minimum atomic E-state index is 0.289. The molecule has 1 unspecified atom stereocenters. The molecule has 3 N–H and O–H groups in total.